The second kappa shape index (κ2) is 13.8. The maximum atomic E-state index is 15.1. The lowest BCUT2D eigenvalue weighted by molar-refractivity contribution is 0.0472. The van der Waals surface area contributed by atoms with Gasteiger partial charge in [-0.25, -0.2) is 19.5 Å². The van der Waals surface area contributed by atoms with Gasteiger partial charge < -0.3 is 14.5 Å². The van der Waals surface area contributed by atoms with E-state index in [4.69, 9.17) is 9.94 Å². The smallest absolute Gasteiger partial charge is 0.338 e. The molecule has 2 N–H and O–H groups in total. The van der Waals surface area contributed by atoms with Gasteiger partial charge in [0, 0.05) is 37.4 Å². The second-order valence-electron chi connectivity index (χ2n) is 10.5. The topological polar surface area (TPSA) is 102 Å². The van der Waals surface area contributed by atoms with E-state index in [9.17, 15) is 14.4 Å². The minimum absolute atomic E-state index is 0.0852. The molecule has 1 heterocycles. The van der Waals surface area contributed by atoms with E-state index in [1.165, 1.54) is 23.1 Å². The summed E-state index contributed by atoms with van der Waals surface area (Å²) in [5.74, 6) is -1.55. The van der Waals surface area contributed by atoms with Crippen molar-refractivity contribution in [2.45, 2.75) is 20.1 Å². The first-order valence-corrected chi connectivity index (χ1v) is 14.2. The van der Waals surface area contributed by atoms with E-state index in [0.717, 1.165) is 16.8 Å². The fourth-order valence-corrected chi connectivity index (χ4v) is 5.04. The van der Waals surface area contributed by atoms with Crippen LogP contribution in [0.4, 0.5) is 20.6 Å². The lowest BCUT2D eigenvalue weighted by atomic mass is 10.1. The highest BCUT2D eigenvalue weighted by molar-refractivity contribution is 5.94. The van der Waals surface area contributed by atoms with Crippen LogP contribution in [0.1, 0.15) is 37.4 Å². The average molecular weight is 597 g/mol. The third-order valence-corrected chi connectivity index (χ3v) is 7.51. The number of piperazine rings is 1. The summed E-state index contributed by atoms with van der Waals surface area (Å²) in [5, 5.41) is 8.88. The summed E-state index contributed by atoms with van der Waals surface area (Å²) in [6.45, 7) is 4.01. The van der Waals surface area contributed by atoms with Gasteiger partial charge in [0.2, 0.25) is 0 Å². The molecule has 0 saturated carbocycles. The van der Waals surface area contributed by atoms with Crippen LogP contribution in [0, 0.1) is 12.7 Å². The summed E-state index contributed by atoms with van der Waals surface area (Å²) in [6.07, 6.45) is 0. The van der Waals surface area contributed by atoms with Crippen molar-refractivity contribution in [1.82, 2.24) is 10.4 Å². The van der Waals surface area contributed by atoms with Gasteiger partial charge in [-0.1, -0.05) is 48.5 Å². The number of halogens is 1. The number of rotatable bonds is 8. The number of carbonyl (C=O) groups excluding carboxylic acids is 3. The van der Waals surface area contributed by atoms with Gasteiger partial charge in [0.05, 0.1) is 17.8 Å². The van der Waals surface area contributed by atoms with Crippen LogP contribution in [0.3, 0.4) is 0 Å². The number of nitrogens with one attached hydrogen (secondary N) is 1. The van der Waals surface area contributed by atoms with Crippen molar-refractivity contribution >= 4 is 29.3 Å². The molecule has 4 aromatic carbocycles. The van der Waals surface area contributed by atoms with Gasteiger partial charge in [-0.15, -0.1) is 0 Å². The molecule has 3 amide bonds. The van der Waals surface area contributed by atoms with Crippen molar-refractivity contribution in [1.29, 1.82) is 0 Å². The van der Waals surface area contributed by atoms with Crippen molar-refractivity contribution in [2.75, 3.05) is 36.0 Å². The van der Waals surface area contributed by atoms with Crippen molar-refractivity contribution in [3.63, 3.8) is 0 Å². The second-order valence-corrected chi connectivity index (χ2v) is 10.5. The predicted molar refractivity (Wildman–Crippen MR) is 164 cm³/mol. The fraction of sp³-hybridized carbons (Fsp3) is 0.206. The molecule has 0 spiro atoms. The van der Waals surface area contributed by atoms with Crippen LogP contribution in [0.5, 0.6) is 0 Å². The molecule has 1 aliphatic heterocycles. The third-order valence-electron chi connectivity index (χ3n) is 7.51. The molecule has 10 heteroatoms. The number of benzene rings is 4. The molecule has 1 aliphatic rings. The minimum atomic E-state index is -0.649. The molecule has 0 bridgehead atoms. The molecular weight excluding hydrogens is 563 g/mol. The maximum absolute atomic E-state index is 15.1. The molecule has 1 saturated heterocycles. The summed E-state index contributed by atoms with van der Waals surface area (Å²) < 4.78 is 20.5. The zero-order chi connectivity index (χ0) is 31.1. The van der Waals surface area contributed by atoms with Crippen LogP contribution in [0.25, 0.3) is 0 Å². The Kier molecular flexibility index (Phi) is 9.51. The molecule has 0 radical (unpaired) electrons. The molecule has 0 unspecified atom stereocenters. The van der Waals surface area contributed by atoms with Gasteiger partial charge in [0.1, 0.15) is 12.4 Å². The maximum Gasteiger partial charge on any atom is 0.338 e. The Labute approximate surface area is 255 Å². The Balaban J connectivity index is 1.23. The number of aryl methyl sites for hydroxylation is 1. The SMILES string of the molecule is Cc1ccc(N(Cc2ccc(C(=O)NO)cc2)C(=O)N2CCN(c3ccc(C(=O)OCc4ccccc4)cc3)CC2)c(F)c1. The monoisotopic (exact) mass is 596 g/mol. The highest BCUT2D eigenvalue weighted by atomic mass is 19.1. The zero-order valence-corrected chi connectivity index (χ0v) is 24.3. The first kappa shape index (κ1) is 30.2. The Morgan fingerprint density at radius 3 is 2.14 bits per heavy atom. The number of ether oxygens (including phenoxy) is 1. The van der Waals surface area contributed by atoms with Crippen LogP contribution in [-0.4, -0.2) is 54.2 Å². The van der Waals surface area contributed by atoms with E-state index >= 15 is 4.39 Å². The van der Waals surface area contributed by atoms with Crippen molar-refractivity contribution in [2.24, 2.45) is 0 Å². The van der Waals surface area contributed by atoms with Gasteiger partial charge >= 0.3 is 12.0 Å². The van der Waals surface area contributed by atoms with E-state index < -0.39 is 17.7 Å². The Morgan fingerprint density at radius 2 is 1.50 bits per heavy atom. The van der Waals surface area contributed by atoms with Crippen molar-refractivity contribution in [3.8, 4) is 0 Å². The molecule has 44 heavy (non-hydrogen) atoms. The predicted octanol–water partition coefficient (Wildman–Crippen LogP) is 5.56. The lowest BCUT2D eigenvalue weighted by Crippen LogP contribution is -2.53. The van der Waals surface area contributed by atoms with Gasteiger partial charge in [-0.05, 0) is 72.1 Å². The number of hydroxylamine groups is 1. The van der Waals surface area contributed by atoms with Crippen LogP contribution in [-0.2, 0) is 17.9 Å². The zero-order valence-electron chi connectivity index (χ0n) is 24.3. The molecular formula is C34H33FN4O5. The standard InChI is InChI=1S/C34H33FN4O5/c1-24-7-16-31(30(35)21-24)39(22-25-8-10-27(11-9-25)32(40)36-43)34(42)38-19-17-37(18-20-38)29-14-12-28(13-15-29)33(41)44-23-26-5-3-2-4-6-26/h2-16,21,43H,17-20,22-23H2,1H3,(H,36,40). The van der Waals surface area contributed by atoms with Crippen LogP contribution in [0.2, 0.25) is 0 Å². The number of esters is 1. The summed E-state index contributed by atoms with van der Waals surface area (Å²) in [6, 6.07) is 27.5. The number of amides is 3. The van der Waals surface area contributed by atoms with Gasteiger partial charge in [0.25, 0.3) is 5.91 Å². The van der Waals surface area contributed by atoms with Gasteiger partial charge in [0.15, 0.2) is 0 Å². The number of hydrogen-bond acceptors (Lipinski definition) is 6. The normalized spacial score (nSPS) is 12.9. The minimum Gasteiger partial charge on any atom is -0.457 e. The fourth-order valence-electron chi connectivity index (χ4n) is 5.04. The quantitative estimate of drug-likeness (QED) is 0.157. The largest absolute Gasteiger partial charge is 0.457 e. The number of urea groups is 1. The number of hydrogen-bond donors (Lipinski definition) is 2. The van der Waals surface area contributed by atoms with E-state index in [1.807, 2.05) is 42.5 Å². The van der Waals surface area contributed by atoms with Gasteiger partial charge in [-0.2, -0.15) is 0 Å². The summed E-state index contributed by atoms with van der Waals surface area (Å²) in [5.41, 5.74) is 5.73. The summed E-state index contributed by atoms with van der Waals surface area (Å²) in [7, 11) is 0. The lowest BCUT2D eigenvalue weighted by Gasteiger charge is -2.38. The number of anilines is 2. The highest BCUT2D eigenvalue weighted by Crippen LogP contribution is 2.26. The van der Waals surface area contributed by atoms with E-state index in [-0.39, 0.29) is 30.4 Å². The van der Waals surface area contributed by atoms with Crippen LogP contribution in [0.15, 0.2) is 97.1 Å². The van der Waals surface area contributed by atoms with Crippen molar-refractivity contribution < 1.29 is 28.7 Å². The highest BCUT2D eigenvalue weighted by Gasteiger charge is 2.28. The first-order chi connectivity index (χ1) is 21.3. The van der Waals surface area contributed by atoms with E-state index in [2.05, 4.69) is 4.90 Å². The number of carbonyl (C=O) groups is 3. The molecule has 9 nitrogen and oxygen atoms in total. The van der Waals surface area contributed by atoms with Crippen LogP contribution >= 0.6 is 0 Å². The molecule has 4 aromatic rings. The van der Waals surface area contributed by atoms with Gasteiger partial charge in [-0.3, -0.25) is 14.9 Å². The van der Waals surface area contributed by atoms with Crippen molar-refractivity contribution in [3.05, 3.63) is 131 Å². The Bertz CT molecular complexity index is 1610. The van der Waals surface area contributed by atoms with E-state index in [1.54, 1.807) is 53.7 Å². The van der Waals surface area contributed by atoms with Crippen LogP contribution < -0.4 is 15.3 Å². The molecule has 0 aromatic heterocycles. The number of nitrogens with zero attached hydrogens (tertiary/aromatic N) is 3. The molecule has 0 atom stereocenters. The average Bonchev–Trinajstić information content (AvgIpc) is 3.06. The Morgan fingerprint density at radius 1 is 0.841 bits per heavy atom. The molecule has 226 valence electrons. The Hall–Kier alpha value is -5.22. The molecule has 1 fully saturated rings. The summed E-state index contributed by atoms with van der Waals surface area (Å²) >= 11 is 0. The molecule has 0 aliphatic carbocycles. The first-order valence-electron chi connectivity index (χ1n) is 14.2. The van der Waals surface area contributed by atoms with E-state index in [0.29, 0.717) is 37.3 Å². The summed E-state index contributed by atoms with van der Waals surface area (Å²) in [4.78, 5) is 43.2. The molecule has 5 rings (SSSR count). The third kappa shape index (κ3) is 7.22.